The van der Waals surface area contributed by atoms with Gasteiger partial charge in [-0.05, 0) is 6.07 Å². The molecular weight excluding hydrogens is 197 g/mol. The lowest BCUT2D eigenvalue weighted by atomic mass is 10.2. The van der Waals surface area contributed by atoms with Gasteiger partial charge in [0.05, 0.1) is 21.8 Å². The quantitative estimate of drug-likeness (QED) is 0.767. The zero-order valence-electron chi connectivity index (χ0n) is 6.30. The molecular formula is C7H9Cl2N3. The summed E-state index contributed by atoms with van der Waals surface area (Å²) in [5.41, 5.74) is 11.6. The van der Waals surface area contributed by atoms with Crippen molar-refractivity contribution in [2.75, 3.05) is 6.54 Å². The summed E-state index contributed by atoms with van der Waals surface area (Å²) in [5, 5.41) is 0.952. The molecule has 4 N–H and O–H groups in total. The van der Waals surface area contributed by atoms with Crippen molar-refractivity contribution in [2.45, 2.75) is 6.04 Å². The fourth-order valence-corrected chi connectivity index (χ4v) is 1.33. The summed E-state index contributed by atoms with van der Waals surface area (Å²) in [6.45, 7) is 0.314. The van der Waals surface area contributed by atoms with Crippen molar-refractivity contribution in [3.05, 3.63) is 28.0 Å². The number of halogens is 2. The molecule has 1 rings (SSSR count). The first-order chi connectivity index (χ1) is 5.65. The Kier molecular flexibility index (Phi) is 3.29. The number of pyridine rings is 1. The van der Waals surface area contributed by atoms with Gasteiger partial charge in [-0.15, -0.1) is 0 Å². The first-order valence-corrected chi connectivity index (χ1v) is 4.17. The highest BCUT2D eigenvalue weighted by Gasteiger charge is 2.09. The van der Waals surface area contributed by atoms with Crippen molar-refractivity contribution >= 4 is 23.2 Å². The van der Waals surface area contributed by atoms with Crippen LogP contribution < -0.4 is 11.5 Å². The van der Waals surface area contributed by atoms with Gasteiger partial charge in [-0.2, -0.15) is 0 Å². The molecule has 12 heavy (non-hydrogen) atoms. The van der Waals surface area contributed by atoms with Crippen LogP contribution in [0.1, 0.15) is 11.7 Å². The molecule has 0 aromatic carbocycles. The van der Waals surface area contributed by atoms with Crippen molar-refractivity contribution in [1.82, 2.24) is 4.98 Å². The van der Waals surface area contributed by atoms with E-state index in [-0.39, 0.29) is 6.04 Å². The highest BCUT2D eigenvalue weighted by Crippen LogP contribution is 2.21. The molecule has 1 aromatic rings. The van der Waals surface area contributed by atoms with Gasteiger partial charge in [0.1, 0.15) is 0 Å². The van der Waals surface area contributed by atoms with Gasteiger partial charge in [0.25, 0.3) is 0 Å². The van der Waals surface area contributed by atoms with E-state index in [0.29, 0.717) is 22.3 Å². The molecule has 0 aliphatic heterocycles. The Morgan fingerprint density at radius 3 is 2.67 bits per heavy atom. The van der Waals surface area contributed by atoms with Gasteiger partial charge in [-0.3, -0.25) is 4.98 Å². The van der Waals surface area contributed by atoms with E-state index in [1.807, 2.05) is 0 Å². The van der Waals surface area contributed by atoms with Crippen LogP contribution >= 0.6 is 23.2 Å². The van der Waals surface area contributed by atoms with Crippen molar-refractivity contribution in [1.29, 1.82) is 0 Å². The minimum Gasteiger partial charge on any atom is -0.329 e. The van der Waals surface area contributed by atoms with E-state index >= 15 is 0 Å². The van der Waals surface area contributed by atoms with E-state index in [0.717, 1.165) is 0 Å². The van der Waals surface area contributed by atoms with Gasteiger partial charge in [0.15, 0.2) is 0 Å². The molecule has 0 saturated carbocycles. The van der Waals surface area contributed by atoms with Gasteiger partial charge in [0.2, 0.25) is 0 Å². The van der Waals surface area contributed by atoms with E-state index < -0.39 is 0 Å². The van der Waals surface area contributed by atoms with Crippen LogP contribution in [-0.2, 0) is 0 Å². The van der Waals surface area contributed by atoms with Crippen molar-refractivity contribution in [3.8, 4) is 0 Å². The highest BCUT2D eigenvalue weighted by atomic mass is 35.5. The van der Waals surface area contributed by atoms with Crippen LogP contribution in [0.3, 0.4) is 0 Å². The third-order valence-electron chi connectivity index (χ3n) is 1.44. The zero-order chi connectivity index (χ0) is 9.14. The first-order valence-electron chi connectivity index (χ1n) is 3.41. The van der Waals surface area contributed by atoms with Crippen molar-refractivity contribution < 1.29 is 0 Å². The average molecular weight is 206 g/mol. The molecule has 0 aliphatic rings. The van der Waals surface area contributed by atoms with Crippen LogP contribution in [-0.4, -0.2) is 11.5 Å². The van der Waals surface area contributed by atoms with E-state index in [1.165, 1.54) is 6.20 Å². The lowest BCUT2D eigenvalue weighted by Crippen LogP contribution is -2.22. The summed E-state index contributed by atoms with van der Waals surface area (Å²) in [4.78, 5) is 3.98. The number of hydrogen-bond acceptors (Lipinski definition) is 3. The summed E-state index contributed by atoms with van der Waals surface area (Å²) in [5.74, 6) is 0. The van der Waals surface area contributed by atoms with Crippen LogP contribution in [0.5, 0.6) is 0 Å². The van der Waals surface area contributed by atoms with E-state index in [4.69, 9.17) is 34.7 Å². The van der Waals surface area contributed by atoms with E-state index in [2.05, 4.69) is 4.98 Å². The van der Waals surface area contributed by atoms with E-state index in [9.17, 15) is 0 Å². The van der Waals surface area contributed by atoms with Crippen LogP contribution in [0.4, 0.5) is 0 Å². The number of rotatable bonds is 2. The first kappa shape index (κ1) is 9.74. The maximum atomic E-state index is 5.82. The monoisotopic (exact) mass is 205 g/mol. The molecule has 0 fully saturated rings. The Balaban J connectivity index is 3.01. The second-order valence-electron chi connectivity index (χ2n) is 2.36. The lowest BCUT2D eigenvalue weighted by molar-refractivity contribution is 0.711. The molecule has 0 unspecified atom stereocenters. The Labute approximate surface area is 80.7 Å². The minimum absolute atomic E-state index is 0.314. The molecule has 3 nitrogen and oxygen atoms in total. The molecule has 1 heterocycles. The Morgan fingerprint density at radius 1 is 1.50 bits per heavy atom. The second-order valence-corrected chi connectivity index (χ2v) is 3.21. The average Bonchev–Trinajstić information content (AvgIpc) is 2.03. The second kappa shape index (κ2) is 4.05. The predicted octanol–water partition coefficient (Wildman–Crippen LogP) is 1.35. The van der Waals surface area contributed by atoms with Gasteiger partial charge in [0, 0.05) is 12.7 Å². The summed E-state index contributed by atoms with van der Waals surface area (Å²) >= 11 is 11.5. The molecule has 0 spiro atoms. The standard InChI is InChI=1S/C7H9Cl2N3/c8-4-1-5(9)7(12-3-4)6(11)2-10/h1,3,6H,2,10-11H2/t6-/m1/s1. The summed E-state index contributed by atoms with van der Waals surface area (Å²) < 4.78 is 0. The summed E-state index contributed by atoms with van der Waals surface area (Å²) in [6, 6.07) is 1.27. The molecule has 0 amide bonds. The normalized spacial score (nSPS) is 13.0. The summed E-state index contributed by atoms with van der Waals surface area (Å²) in [6.07, 6.45) is 1.50. The predicted molar refractivity (Wildman–Crippen MR) is 50.2 cm³/mol. The Bertz CT molecular complexity index is 277. The molecule has 1 aromatic heterocycles. The van der Waals surface area contributed by atoms with Crippen LogP contribution in [0.15, 0.2) is 12.3 Å². The van der Waals surface area contributed by atoms with Crippen LogP contribution in [0, 0.1) is 0 Å². The third kappa shape index (κ3) is 2.08. The van der Waals surface area contributed by atoms with Gasteiger partial charge >= 0.3 is 0 Å². The van der Waals surface area contributed by atoms with E-state index in [1.54, 1.807) is 6.07 Å². The maximum Gasteiger partial charge on any atom is 0.0770 e. The van der Waals surface area contributed by atoms with Gasteiger partial charge in [-0.25, -0.2) is 0 Å². The zero-order valence-corrected chi connectivity index (χ0v) is 7.81. The Hall–Kier alpha value is -0.350. The minimum atomic E-state index is -0.324. The largest absolute Gasteiger partial charge is 0.329 e. The molecule has 0 aliphatic carbocycles. The van der Waals surface area contributed by atoms with Gasteiger partial charge in [-0.1, -0.05) is 23.2 Å². The molecule has 5 heteroatoms. The fraction of sp³-hybridized carbons (Fsp3) is 0.286. The highest BCUT2D eigenvalue weighted by molar-refractivity contribution is 6.34. The molecule has 0 bridgehead atoms. The smallest absolute Gasteiger partial charge is 0.0770 e. The topological polar surface area (TPSA) is 64.9 Å². The number of nitrogens with zero attached hydrogens (tertiary/aromatic N) is 1. The molecule has 66 valence electrons. The Morgan fingerprint density at radius 2 is 2.17 bits per heavy atom. The molecule has 0 radical (unpaired) electrons. The maximum absolute atomic E-state index is 5.82. The number of nitrogens with two attached hydrogens (primary N) is 2. The summed E-state index contributed by atoms with van der Waals surface area (Å²) in [7, 11) is 0. The number of aromatic nitrogens is 1. The van der Waals surface area contributed by atoms with Crippen molar-refractivity contribution in [3.63, 3.8) is 0 Å². The lowest BCUT2D eigenvalue weighted by Gasteiger charge is -2.09. The van der Waals surface area contributed by atoms with Gasteiger partial charge < -0.3 is 11.5 Å². The number of hydrogen-bond donors (Lipinski definition) is 2. The third-order valence-corrected chi connectivity index (χ3v) is 1.95. The van der Waals surface area contributed by atoms with Crippen LogP contribution in [0.2, 0.25) is 10.0 Å². The SMILES string of the molecule is NC[C@@H](N)c1ncc(Cl)cc1Cl. The molecule has 0 saturated heterocycles. The fourth-order valence-electron chi connectivity index (χ4n) is 0.810. The van der Waals surface area contributed by atoms with Crippen molar-refractivity contribution in [2.24, 2.45) is 11.5 Å². The molecule has 1 atom stereocenters. The van der Waals surface area contributed by atoms with Crippen LogP contribution in [0.25, 0.3) is 0 Å².